The van der Waals surface area contributed by atoms with Crippen molar-refractivity contribution in [2.24, 2.45) is 0 Å². The minimum absolute atomic E-state index is 0.0440. The predicted molar refractivity (Wildman–Crippen MR) is 123 cm³/mol. The molecule has 0 bridgehead atoms. The van der Waals surface area contributed by atoms with Gasteiger partial charge in [-0.15, -0.1) is 0 Å². The Morgan fingerprint density at radius 2 is 1.83 bits per heavy atom. The van der Waals surface area contributed by atoms with Crippen molar-refractivity contribution >= 4 is 16.0 Å². The molecule has 0 saturated carbocycles. The summed E-state index contributed by atoms with van der Waals surface area (Å²) in [5, 5.41) is 13.0. The van der Waals surface area contributed by atoms with E-state index in [4.69, 9.17) is 19.3 Å². The molecule has 2 fully saturated rings. The predicted octanol–water partition coefficient (Wildman–Crippen LogP) is 1.19. The largest absolute Gasteiger partial charge is 0.497 e. The molecule has 2 aliphatic heterocycles. The smallest absolute Gasteiger partial charge is 0.364 e. The van der Waals surface area contributed by atoms with Crippen LogP contribution in [0.15, 0.2) is 28.8 Å². The summed E-state index contributed by atoms with van der Waals surface area (Å²) in [6.07, 6.45) is 1.29. The van der Waals surface area contributed by atoms with Gasteiger partial charge in [0.1, 0.15) is 5.75 Å². The van der Waals surface area contributed by atoms with Gasteiger partial charge in [0.25, 0.3) is 0 Å². The molecule has 4 rings (SSSR count). The lowest BCUT2D eigenvalue weighted by Crippen LogP contribution is -2.60. The molecule has 2 aliphatic rings. The third-order valence-corrected chi connectivity index (χ3v) is 9.21. The molecule has 192 valence electrons. The fourth-order valence-corrected chi connectivity index (χ4v) is 6.53. The van der Waals surface area contributed by atoms with Crippen LogP contribution in [0.2, 0.25) is 0 Å². The number of hydrogen-bond donors (Lipinski definition) is 1. The van der Waals surface area contributed by atoms with Crippen LogP contribution in [0.3, 0.4) is 0 Å². The van der Waals surface area contributed by atoms with Crippen molar-refractivity contribution in [3.63, 3.8) is 0 Å². The Kier molecular flexibility index (Phi) is 8.02. The summed E-state index contributed by atoms with van der Waals surface area (Å²) >= 11 is 0. The van der Waals surface area contributed by atoms with Crippen molar-refractivity contribution in [1.82, 2.24) is 19.3 Å². The van der Waals surface area contributed by atoms with Crippen molar-refractivity contribution in [3.05, 3.63) is 30.2 Å². The Bertz CT molecular complexity index is 1090. The summed E-state index contributed by atoms with van der Waals surface area (Å²) in [5.74, 6) is 0.671. The second kappa shape index (κ2) is 11.0. The van der Waals surface area contributed by atoms with E-state index >= 15 is 0 Å². The second-order valence-corrected chi connectivity index (χ2v) is 10.8. The molecule has 0 atom stereocenters. The van der Waals surface area contributed by atoms with Crippen LogP contribution in [0.25, 0.3) is 11.4 Å². The van der Waals surface area contributed by atoms with E-state index in [1.54, 1.807) is 7.11 Å². The Balaban J connectivity index is 1.27. The third-order valence-electron chi connectivity index (χ3n) is 6.60. The number of carbonyl (C=O) groups is 1. The van der Waals surface area contributed by atoms with E-state index in [9.17, 15) is 13.2 Å². The molecule has 0 spiro atoms. The first-order valence-electron chi connectivity index (χ1n) is 11.5. The van der Waals surface area contributed by atoms with E-state index in [1.807, 2.05) is 24.3 Å². The SMILES string of the molecule is COc1ccc(-c2noc(CCCN3CCN(S(=O)(=O)C4(C(=O)OO)CCOCC4)CC3)n2)cc1. The Morgan fingerprint density at radius 1 is 1.14 bits per heavy atom. The topological polar surface area (TPSA) is 145 Å². The molecule has 1 aromatic heterocycles. The van der Waals surface area contributed by atoms with Gasteiger partial charge in [0, 0.05) is 64.2 Å². The summed E-state index contributed by atoms with van der Waals surface area (Å²) in [6.45, 7) is 2.54. The van der Waals surface area contributed by atoms with Gasteiger partial charge >= 0.3 is 5.97 Å². The standard InChI is InChI=1S/C22H30N4O8S/c1-31-18-6-4-17(5-7-18)20-23-19(33-24-20)3-2-10-25-11-13-26(14-12-25)35(29,30)22(21(27)34-28)8-15-32-16-9-22/h4-7,28H,2-3,8-16H2,1H3. The number of piperazine rings is 1. The third kappa shape index (κ3) is 5.33. The first-order valence-corrected chi connectivity index (χ1v) is 13.0. The zero-order chi connectivity index (χ0) is 24.9. The number of rotatable bonds is 9. The fourth-order valence-electron chi connectivity index (χ4n) is 4.46. The van der Waals surface area contributed by atoms with Crippen LogP contribution in [0, 0.1) is 0 Å². The van der Waals surface area contributed by atoms with Crippen LogP contribution in [-0.2, 0) is 30.9 Å². The van der Waals surface area contributed by atoms with Gasteiger partial charge in [0.05, 0.1) is 7.11 Å². The van der Waals surface area contributed by atoms with Gasteiger partial charge < -0.3 is 18.9 Å². The Hall–Kier alpha value is -2.58. The molecule has 2 aromatic rings. The van der Waals surface area contributed by atoms with Crippen LogP contribution < -0.4 is 4.74 Å². The molecule has 2 saturated heterocycles. The number of methoxy groups -OCH3 is 1. The zero-order valence-corrected chi connectivity index (χ0v) is 20.4. The van der Waals surface area contributed by atoms with Crippen LogP contribution in [0.4, 0.5) is 0 Å². The van der Waals surface area contributed by atoms with E-state index in [2.05, 4.69) is 19.9 Å². The first-order chi connectivity index (χ1) is 16.9. The van der Waals surface area contributed by atoms with Crippen molar-refractivity contribution < 1.29 is 37.4 Å². The highest BCUT2D eigenvalue weighted by Gasteiger charge is 2.56. The van der Waals surface area contributed by atoms with Gasteiger partial charge in [-0.2, -0.15) is 14.5 Å². The van der Waals surface area contributed by atoms with Gasteiger partial charge in [-0.05, 0) is 37.2 Å². The maximum Gasteiger partial charge on any atom is 0.364 e. The summed E-state index contributed by atoms with van der Waals surface area (Å²) in [7, 11) is -2.41. The van der Waals surface area contributed by atoms with Crippen LogP contribution in [-0.4, -0.2) is 96.8 Å². The van der Waals surface area contributed by atoms with E-state index in [-0.39, 0.29) is 39.1 Å². The minimum Gasteiger partial charge on any atom is -0.497 e. The molecule has 13 heteroatoms. The molecule has 1 N–H and O–H groups in total. The number of sulfonamides is 1. The summed E-state index contributed by atoms with van der Waals surface area (Å²) < 4.78 is 41.9. The lowest BCUT2D eigenvalue weighted by Gasteiger charge is -2.40. The van der Waals surface area contributed by atoms with Crippen molar-refractivity contribution in [1.29, 1.82) is 0 Å². The van der Waals surface area contributed by atoms with E-state index in [0.29, 0.717) is 31.2 Å². The lowest BCUT2D eigenvalue weighted by molar-refractivity contribution is -0.239. The number of hydrogen-bond acceptors (Lipinski definition) is 11. The van der Waals surface area contributed by atoms with Crippen LogP contribution >= 0.6 is 0 Å². The molecular formula is C22H30N4O8S. The number of nitrogens with zero attached hydrogens (tertiary/aromatic N) is 4. The van der Waals surface area contributed by atoms with Crippen molar-refractivity contribution in [2.75, 3.05) is 53.0 Å². The normalized spacial score (nSPS) is 19.4. The van der Waals surface area contributed by atoms with Crippen LogP contribution in [0.1, 0.15) is 25.2 Å². The van der Waals surface area contributed by atoms with Gasteiger partial charge in [-0.3, -0.25) is 4.89 Å². The maximum absolute atomic E-state index is 13.3. The average Bonchev–Trinajstić information content (AvgIpc) is 3.37. The summed E-state index contributed by atoms with van der Waals surface area (Å²) in [4.78, 5) is 22.8. The number of carbonyl (C=O) groups excluding carboxylic acids is 1. The van der Waals surface area contributed by atoms with Crippen molar-refractivity contribution in [3.8, 4) is 17.1 Å². The minimum atomic E-state index is -4.02. The van der Waals surface area contributed by atoms with Gasteiger partial charge in [-0.25, -0.2) is 13.2 Å². The van der Waals surface area contributed by atoms with Crippen molar-refractivity contribution in [2.45, 2.75) is 30.4 Å². The average molecular weight is 511 g/mol. The fraction of sp³-hybridized carbons (Fsp3) is 0.591. The second-order valence-electron chi connectivity index (χ2n) is 8.57. The monoisotopic (exact) mass is 510 g/mol. The summed E-state index contributed by atoms with van der Waals surface area (Å²) in [5.41, 5.74) is 0.838. The summed E-state index contributed by atoms with van der Waals surface area (Å²) in [6, 6.07) is 7.40. The van der Waals surface area contributed by atoms with E-state index < -0.39 is 20.7 Å². The van der Waals surface area contributed by atoms with E-state index in [1.165, 1.54) is 4.31 Å². The zero-order valence-electron chi connectivity index (χ0n) is 19.6. The highest BCUT2D eigenvalue weighted by molar-refractivity contribution is 7.91. The molecule has 0 amide bonds. The molecule has 35 heavy (non-hydrogen) atoms. The molecule has 1 aromatic carbocycles. The molecule has 12 nitrogen and oxygen atoms in total. The highest BCUT2D eigenvalue weighted by atomic mass is 32.2. The quantitative estimate of drug-likeness (QED) is 0.383. The molecule has 3 heterocycles. The number of benzene rings is 1. The lowest BCUT2D eigenvalue weighted by atomic mass is 9.99. The molecule has 0 radical (unpaired) electrons. The molecule has 0 unspecified atom stereocenters. The van der Waals surface area contributed by atoms with Gasteiger partial charge in [-0.1, -0.05) is 5.16 Å². The van der Waals surface area contributed by atoms with E-state index in [0.717, 1.165) is 24.3 Å². The number of ether oxygens (including phenoxy) is 2. The van der Waals surface area contributed by atoms with Crippen LogP contribution in [0.5, 0.6) is 5.75 Å². The Morgan fingerprint density at radius 3 is 2.46 bits per heavy atom. The first kappa shape index (κ1) is 25.5. The highest BCUT2D eigenvalue weighted by Crippen LogP contribution is 2.34. The van der Waals surface area contributed by atoms with Gasteiger partial charge in [0.15, 0.2) is 4.75 Å². The van der Waals surface area contributed by atoms with Gasteiger partial charge in [0.2, 0.25) is 21.7 Å². The molecule has 0 aliphatic carbocycles. The molecular weight excluding hydrogens is 480 g/mol. The number of aromatic nitrogens is 2. The maximum atomic E-state index is 13.3. The Labute approximate surface area is 203 Å². The number of aryl methyl sites for hydroxylation is 1.